The van der Waals surface area contributed by atoms with Crippen LogP contribution in [0.15, 0.2) is 42.5 Å². The van der Waals surface area contributed by atoms with Crippen LogP contribution in [0.2, 0.25) is 0 Å². The van der Waals surface area contributed by atoms with E-state index in [1.165, 1.54) is 12.1 Å². The summed E-state index contributed by atoms with van der Waals surface area (Å²) in [6.45, 7) is 5.14. The summed E-state index contributed by atoms with van der Waals surface area (Å²) in [5.74, 6) is -0.0724. The molecule has 2 amide bonds. The molecule has 2 N–H and O–H groups in total. The molecule has 1 heterocycles. The van der Waals surface area contributed by atoms with Gasteiger partial charge in [-0.05, 0) is 51.1 Å². The Kier molecular flexibility index (Phi) is 5.39. The number of hydrogen-bond acceptors (Lipinski definition) is 5. The van der Waals surface area contributed by atoms with Gasteiger partial charge in [0.15, 0.2) is 11.5 Å². The number of nitrogens with one attached hydrogen (secondary N) is 2. The molecule has 1 unspecified atom stereocenters. The van der Waals surface area contributed by atoms with Crippen molar-refractivity contribution >= 4 is 23.4 Å². The van der Waals surface area contributed by atoms with Gasteiger partial charge in [0.05, 0.1) is 5.69 Å². The summed E-state index contributed by atoms with van der Waals surface area (Å²) in [7, 11) is 0. The normalized spacial score (nSPS) is 15.5. The number of anilines is 2. The van der Waals surface area contributed by atoms with Crippen molar-refractivity contribution in [3.63, 3.8) is 0 Å². The van der Waals surface area contributed by atoms with E-state index in [1.54, 1.807) is 45.0 Å². The Morgan fingerprint density at radius 2 is 1.82 bits per heavy atom. The minimum atomic E-state index is -0.859. The molecule has 3 rings (SSSR count). The Morgan fingerprint density at radius 3 is 2.54 bits per heavy atom. The molecule has 28 heavy (non-hydrogen) atoms. The van der Waals surface area contributed by atoms with Gasteiger partial charge < -0.3 is 19.5 Å². The molecule has 0 bridgehead atoms. The molecule has 2 aromatic rings. The van der Waals surface area contributed by atoms with Crippen LogP contribution in [-0.2, 0) is 9.53 Å². The molecule has 0 saturated heterocycles. The molecule has 0 saturated carbocycles. The van der Waals surface area contributed by atoms with E-state index in [-0.39, 0.29) is 12.3 Å². The van der Waals surface area contributed by atoms with E-state index in [4.69, 9.17) is 14.2 Å². The molecule has 0 spiro atoms. The first-order chi connectivity index (χ1) is 13.2. The van der Waals surface area contributed by atoms with Crippen molar-refractivity contribution < 1.29 is 28.2 Å². The van der Waals surface area contributed by atoms with Crippen LogP contribution in [-0.4, -0.2) is 30.3 Å². The number of carbonyl (C=O) groups excluding carboxylic acids is 2. The summed E-state index contributed by atoms with van der Waals surface area (Å²) >= 11 is 0. The van der Waals surface area contributed by atoms with E-state index in [0.717, 1.165) is 6.07 Å². The van der Waals surface area contributed by atoms with Crippen LogP contribution in [0, 0.1) is 5.82 Å². The number of para-hydroxylation sites is 2. The van der Waals surface area contributed by atoms with Crippen LogP contribution in [0.4, 0.5) is 20.6 Å². The van der Waals surface area contributed by atoms with Crippen molar-refractivity contribution in [1.29, 1.82) is 0 Å². The number of hydrogen-bond donors (Lipinski definition) is 2. The molecule has 8 heteroatoms. The zero-order valence-corrected chi connectivity index (χ0v) is 15.7. The smallest absolute Gasteiger partial charge is 0.412 e. The second-order valence-electron chi connectivity index (χ2n) is 7.18. The highest BCUT2D eigenvalue weighted by Gasteiger charge is 2.27. The highest BCUT2D eigenvalue weighted by Crippen LogP contribution is 2.31. The van der Waals surface area contributed by atoms with Gasteiger partial charge in [-0.3, -0.25) is 10.1 Å². The van der Waals surface area contributed by atoms with Gasteiger partial charge in [0.2, 0.25) is 6.10 Å². The maximum absolute atomic E-state index is 14.0. The van der Waals surface area contributed by atoms with Crippen LogP contribution in [0.1, 0.15) is 20.8 Å². The minimum Gasteiger partial charge on any atom is -0.485 e. The summed E-state index contributed by atoms with van der Waals surface area (Å²) in [5.41, 5.74) is -0.542. The fraction of sp³-hybridized carbons (Fsp3) is 0.300. The van der Waals surface area contributed by atoms with Crippen LogP contribution in [0.3, 0.4) is 0 Å². The molecule has 0 aromatic heterocycles. The molecule has 2 aromatic carbocycles. The summed E-state index contributed by atoms with van der Waals surface area (Å²) in [4.78, 5) is 24.3. The molecule has 0 radical (unpaired) electrons. The van der Waals surface area contributed by atoms with Gasteiger partial charge in [-0.1, -0.05) is 12.1 Å². The van der Waals surface area contributed by atoms with Crippen LogP contribution in [0.5, 0.6) is 11.5 Å². The van der Waals surface area contributed by atoms with Crippen molar-refractivity contribution in [2.24, 2.45) is 0 Å². The van der Waals surface area contributed by atoms with Crippen molar-refractivity contribution in [3.05, 3.63) is 48.3 Å². The fourth-order valence-corrected chi connectivity index (χ4v) is 2.48. The van der Waals surface area contributed by atoms with Gasteiger partial charge in [0.25, 0.3) is 5.91 Å². The molecule has 0 aliphatic carbocycles. The molecule has 1 atom stereocenters. The number of ether oxygens (including phenoxy) is 3. The topological polar surface area (TPSA) is 85.9 Å². The third kappa shape index (κ3) is 4.91. The maximum Gasteiger partial charge on any atom is 0.412 e. The molecule has 0 fully saturated rings. The zero-order chi connectivity index (χ0) is 20.3. The van der Waals surface area contributed by atoms with Gasteiger partial charge in [0.1, 0.15) is 18.0 Å². The number of amides is 2. The molecular weight excluding hydrogens is 367 g/mol. The first kappa shape index (κ1) is 19.5. The molecule has 148 valence electrons. The maximum atomic E-state index is 14.0. The lowest BCUT2D eigenvalue weighted by Gasteiger charge is -2.25. The first-order valence-electron chi connectivity index (χ1n) is 8.70. The summed E-state index contributed by atoms with van der Waals surface area (Å²) in [6.07, 6.45) is -1.65. The number of fused-ring (bicyclic) bond motifs is 1. The zero-order valence-electron chi connectivity index (χ0n) is 15.7. The Bertz CT molecular complexity index is 894. The van der Waals surface area contributed by atoms with E-state index >= 15 is 0 Å². The quantitative estimate of drug-likeness (QED) is 0.832. The van der Waals surface area contributed by atoms with Crippen LogP contribution < -0.4 is 20.1 Å². The van der Waals surface area contributed by atoms with Gasteiger partial charge in [-0.2, -0.15) is 0 Å². The van der Waals surface area contributed by atoms with Gasteiger partial charge in [-0.25, -0.2) is 9.18 Å². The predicted molar refractivity (Wildman–Crippen MR) is 101 cm³/mol. The summed E-state index contributed by atoms with van der Waals surface area (Å²) < 4.78 is 30.3. The van der Waals surface area contributed by atoms with Gasteiger partial charge in [-0.15, -0.1) is 0 Å². The van der Waals surface area contributed by atoms with E-state index in [0.29, 0.717) is 17.2 Å². The summed E-state index contributed by atoms with van der Waals surface area (Å²) in [6, 6.07) is 10.8. The number of rotatable bonds is 3. The van der Waals surface area contributed by atoms with Crippen molar-refractivity contribution in [3.8, 4) is 11.5 Å². The molecular formula is C20H21FN2O5. The van der Waals surface area contributed by atoms with Crippen molar-refractivity contribution in [2.75, 3.05) is 17.2 Å². The van der Waals surface area contributed by atoms with Crippen molar-refractivity contribution in [1.82, 2.24) is 0 Å². The Balaban J connectivity index is 1.66. The highest BCUT2D eigenvalue weighted by molar-refractivity contribution is 5.95. The molecule has 7 nitrogen and oxygen atoms in total. The fourth-order valence-electron chi connectivity index (χ4n) is 2.48. The Hall–Kier alpha value is -3.29. The molecule has 1 aliphatic rings. The Morgan fingerprint density at radius 1 is 1.11 bits per heavy atom. The summed E-state index contributed by atoms with van der Waals surface area (Å²) in [5, 5.41) is 4.96. The van der Waals surface area contributed by atoms with E-state index in [2.05, 4.69) is 10.6 Å². The minimum absolute atomic E-state index is 0.0487. The van der Waals surface area contributed by atoms with E-state index in [9.17, 15) is 14.0 Å². The second kappa shape index (κ2) is 7.75. The second-order valence-corrected chi connectivity index (χ2v) is 7.18. The Labute approximate surface area is 161 Å². The highest BCUT2D eigenvalue weighted by atomic mass is 19.1. The van der Waals surface area contributed by atoms with E-state index < -0.39 is 29.5 Å². The lowest BCUT2D eigenvalue weighted by atomic mass is 10.2. The average molecular weight is 388 g/mol. The predicted octanol–water partition coefficient (Wildman–Crippen LogP) is 3.95. The monoisotopic (exact) mass is 388 g/mol. The van der Waals surface area contributed by atoms with Crippen molar-refractivity contribution in [2.45, 2.75) is 32.5 Å². The van der Waals surface area contributed by atoms with Gasteiger partial charge in [0, 0.05) is 5.69 Å². The average Bonchev–Trinajstić information content (AvgIpc) is 2.62. The third-order valence-corrected chi connectivity index (χ3v) is 3.67. The number of carbonyl (C=O) groups is 2. The lowest BCUT2D eigenvalue weighted by Crippen LogP contribution is -2.40. The lowest BCUT2D eigenvalue weighted by molar-refractivity contribution is -0.125. The third-order valence-electron chi connectivity index (χ3n) is 3.67. The van der Waals surface area contributed by atoms with Crippen LogP contribution in [0.25, 0.3) is 0 Å². The van der Waals surface area contributed by atoms with Gasteiger partial charge >= 0.3 is 6.09 Å². The number of halogens is 1. The largest absolute Gasteiger partial charge is 0.485 e. The number of benzene rings is 2. The SMILES string of the molecule is CC(C)(C)OC(=O)Nc1cc(NC(=O)C2COc3ccccc3O2)ccc1F. The molecule has 1 aliphatic heterocycles. The van der Waals surface area contributed by atoms with Crippen LogP contribution >= 0.6 is 0 Å². The first-order valence-corrected chi connectivity index (χ1v) is 8.70. The standard InChI is InChI=1S/C20H21FN2O5/c1-20(2,3)28-19(25)23-14-10-12(8-9-13(14)21)22-18(24)17-11-26-15-6-4-5-7-16(15)27-17/h4-10,17H,11H2,1-3H3,(H,22,24)(H,23,25). The van der Waals surface area contributed by atoms with E-state index in [1.807, 2.05) is 0 Å².